The summed E-state index contributed by atoms with van der Waals surface area (Å²) in [5.74, 6) is 0.718. The summed E-state index contributed by atoms with van der Waals surface area (Å²) in [4.78, 5) is 13.1. The Kier molecular flexibility index (Phi) is 4.26. The summed E-state index contributed by atoms with van der Waals surface area (Å²) in [6.45, 7) is 1.85. The second kappa shape index (κ2) is 6.72. The lowest BCUT2D eigenvalue weighted by Gasteiger charge is -2.04. The molecule has 4 rings (SSSR count). The molecule has 0 aliphatic heterocycles. The van der Waals surface area contributed by atoms with Crippen LogP contribution in [-0.2, 0) is 0 Å². The van der Waals surface area contributed by atoms with Crippen LogP contribution in [0.1, 0.15) is 11.1 Å². The number of fused-ring (bicyclic) bond motifs is 1. The number of hydrogen-bond donors (Lipinski definition) is 1. The van der Waals surface area contributed by atoms with Crippen LogP contribution < -0.4 is 0 Å². The maximum atomic E-state index is 10.2. The number of pyridine rings is 1. The summed E-state index contributed by atoms with van der Waals surface area (Å²) in [6.07, 6.45) is 3.32. The van der Waals surface area contributed by atoms with Gasteiger partial charge in [-0.3, -0.25) is 4.99 Å². The van der Waals surface area contributed by atoms with Gasteiger partial charge < -0.3 is 9.52 Å². The number of aromatic nitrogens is 2. The number of nitrogens with zero attached hydrogens (tertiary/aromatic N) is 3. The Labute approximate surface area is 158 Å². The average Bonchev–Trinajstić information content (AvgIpc) is 3.08. The van der Waals surface area contributed by atoms with Crippen molar-refractivity contribution in [2.75, 3.05) is 0 Å². The molecule has 4 aromatic rings. The highest BCUT2D eigenvalue weighted by Crippen LogP contribution is 2.28. The van der Waals surface area contributed by atoms with Crippen LogP contribution in [0.2, 0.25) is 0 Å². The molecule has 6 heteroatoms. The van der Waals surface area contributed by atoms with Crippen molar-refractivity contribution in [3.05, 3.63) is 70.3 Å². The fraction of sp³-hybridized carbons (Fsp3) is 0.0500. The van der Waals surface area contributed by atoms with Crippen LogP contribution >= 0.6 is 15.9 Å². The van der Waals surface area contributed by atoms with E-state index in [1.165, 1.54) is 0 Å². The topological polar surface area (TPSA) is 71.5 Å². The minimum absolute atomic E-state index is 0.220. The second-order valence-corrected chi connectivity index (χ2v) is 6.73. The molecule has 0 unspecified atom stereocenters. The Balaban J connectivity index is 1.68. The van der Waals surface area contributed by atoms with E-state index in [1.54, 1.807) is 12.4 Å². The zero-order chi connectivity index (χ0) is 18.1. The minimum Gasteiger partial charge on any atom is -0.507 e. The molecule has 0 atom stereocenters. The van der Waals surface area contributed by atoms with Gasteiger partial charge in [0.25, 0.3) is 0 Å². The van der Waals surface area contributed by atoms with Gasteiger partial charge in [-0.2, -0.15) is 4.98 Å². The van der Waals surface area contributed by atoms with Gasteiger partial charge in [0.2, 0.25) is 5.89 Å². The molecule has 2 aromatic carbocycles. The van der Waals surface area contributed by atoms with Gasteiger partial charge in [-0.05, 0) is 55.0 Å². The number of aryl methyl sites for hydroxylation is 1. The molecule has 5 nitrogen and oxygen atoms in total. The van der Waals surface area contributed by atoms with E-state index in [4.69, 9.17) is 4.42 Å². The van der Waals surface area contributed by atoms with Crippen molar-refractivity contribution in [3.8, 4) is 17.2 Å². The molecule has 0 saturated heterocycles. The predicted octanol–water partition coefficient (Wildman–Crippen LogP) is 5.42. The van der Waals surface area contributed by atoms with E-state index in [-0.39, 0.29) is 5.75 Å². The Morgan fingerprint density at radius 2 is 2.04 bits per heavy atom. The Hall–Kier alpha value is -2.99. The third kappa shape index (κ3) is 3.23. The SMILES string of the molecule is Cc1cc(Br)cc(C=Nc2cccc(-c3nc4ncccc4o3)c2)c1O. The molecule has 26 heavy (non-hydrogen) atoms. The number of halogens is 1. The summed E-state index contributed by atoms with van der Waals surface area (Å²) in [7, 11) is 0. The first-order valence-electron chi connectivity index (χ1n) is 7.95. The van der Waals surface area contributed by atoms with Crippen LogP contribution in [0.3, 0.4) is 0 Å². The number of phenolic OH excluding ortho intramolecular Hbond substituents is 1. The normalized spacial score (nSPS) is 11.5. The van der Waals surface area contributed by atoms with Crippen LogP contribution in [0, 0.1) is 6.92 Å². The van der Waals surface area contributed by atoms with Gasteiger partial charge in [-0.15, -0.1) is 0 Å². The zero-order valence-electron chi connectivity index (χ0n) is 13.8. The van der Waals surface area contributed by atoms with Crippen molar-refractivity contribution in [2.45, 2.75) is 6.92 Å². The molecule has 0 spiro atoms. The molecule has 0 saturated carbocycles. The molecule has 128 valence electrons. The standard InChI is InChI=1S/C20H14BrN3O2/c1-12-8-15(21)9-14(18(12)25)11-23-16-5-2-4-13(10-16)20-24-19-17(26-20)6-3-7-22-19/h2-11,25H,1H3. The van der Waals surface area contributed by atoms with Crippen LogP contribution in [0.4, 0.5) is 5.69 Å². The van der Waals surface area contributed by atoms with E-state index in [2.05, 4.69) is 30.9 Å². The smallest absolute Gasteiger partial charge is 0.228 e. The largest absolute Gasteiger partial charge is 0.507 e. The minimum atomic E-state index is 0.220. The summed E-state index contributed by atoms with van der Waals surface area (Å²) < 4.78 is 6.64. The summed E-state index contributed by atoms with van der Waals surface area (Å²) in [5.41, 5.74) is 4.20. The van der Waals surface area contributed by atoms with Crippen molar-refractivity contribution in [1.82, 2.24) is 9.97 Å². The Morgan fingerprint density at radius 3 is 2.88 bits per heavy atom. The second-order valence-electron chi connectivity index (χ2n) is 5.81. The molecule has 0 aliphatic rings. The molecule has 2 heterocycles. The van der Waals surface area contributed by atoms with Gasteiger partial charge in [-0.25, -0.2) is 4.98 Å². The van der Waals surface area contributed by atoms with Crippen molar-refractivity contribution in [3.63, 3.8) is 0 Å². The molecule has 0 aliphatic carbocycles. The first-order valence-corrected chi connectivity index (χ1v) is 8.74. The van der Waals surface area contributed by atoms with Crippen LogP contribution in [0.5, 0.6) is 5.75 Å². The number of phenols is 1. The van der Waals surface area contributed by atoms with Crippen molar-refractivity contribution >= 4 is 39.1 Å². The molecule has 0 bridgehead atoms. The van der Waals surface area contributed by atoms with Gasteiger partial charge >= 0.3 is 0 Å². The summed E-state index contributed by atoms with van der Waals surface area (Å²) in [5, 5.41) is 10.2. The van der Waals surface area contributed by atoms with Crippen LogP contribution in [-0.4, -0.2) is 21.3 Å². The lowest BCUT2D eigenvalue weighted by Crippen LogP contribution is -1.86. The number of rotatable bonds is 3. The fourth-order valence-corrected chi connectivity index (χ4v) is 3.21. The van der Waals surface area contributed by atoms with E-state index in [1.807, 2.05) is 55.5 Å². The van der Waals surface area contributed by atoms with Gasteiger partial charge in [0.15, 0.2) is 11.2 Å². The van der Waals surface area contributed by atoms with Crippen molar-refractivity contribution < 1.29 is 9.52 Å². The lowest BCUT2D eigenvalue weighted by atomic mass is 10.1. The molecule has 0 radical (unpaired) electrons. The van der Waals surface area contributed by atoms with Gasteiger partial charge in [0, 0.05) is 28.0 Å². The van der Waals surface area contributed by atoms with Crippen LogP contribution in [0.15, 0.2) is 68.6 Å². The quantitative estimate of drug-likeness (QED) is 0.460. The number of aromatic hydroxyl groups is 1. The highest BCUT2D eigenvalue weighted by Gasteiger charge is 2.09. The molecule has 0 fully saturated rings. The highest BCUT2D eigenvalue weighted by molar-refractivity contribution is 9.10. The predicted molar refractivity (Wildman–Crippen MR) is 105 cm³/mol. The molecule has 1 N–H and O–H groups in total. The highest BCUT2D eigenvalue weighted by atomic mass is 79.9. The molecular weight excluding hydrogens is 394 g/mol. The number of benzene rings is 2. The van der Waals surface area contributed by atoms with Crippen LogP contribution in [0.25, 0.3) is 22.7 Å². The van der Waals surface area contributed by atoms with E-state index >= 15 is 0 Å². The maximum Gasteiger partial charge on any atom is 0.228 e. The summed E-state index contributed by atoms with van der Waals surface area (Å²) in [6, 6.07) is 14.9. The molecule has 2 aromatic heterocycles. The molecule has 0 amide bonds. The molecular formula is C20H14BrN3O2. The van der Waals surface area contributed by atoms with Gasteiger partial charge in [0.1, 0.15) is 5.75 Å². The monoisotopic (exact) mass is 407 g/mol. The number of aliphatic imine (C=N–C) groups is 1. The van der Waals surface area contributed by atoms with Crippen molar-refractivity contribution in [2.24, 2.45) is 4.99 Å². The maximum absolute atomic E-state index is 10.2. The van der Waals surface area contributed by atoms with E-state index < -0.39 is 0 Å². The van der Waals surface area contributed by atoms with Crippen molar-refractivity contribution in [1.29, 1.82) is 0 Å². The fourth-order valence-electron chi connectivity index (χ4n) is 2.62. The lowest BCUT2D eigenvalue weighted by molar-refractivity contribution is 0.470. The summed E-state index contributed by atoms with van der Waals surface area (Å²) >= 11 is 3.43. The third-order valence-corrected chi connectivity index (χ3v) is 4.36. The van der Waals surface area contributed by atoms with Gasteiger partial charge in [0.05, 0.1) is 5.69 Å². The zero-order valence-corrected chi connectivity index (χ0v) is 15.4. The Bertz CT molecular complexity index is 1100. The third-order valence-electron chi connectivity index (χ3n) is 3.91. The Morgan fingerprint density at radius 1 is 1.15 bits per heavy atom. The van der Waals surface area contributed by atoms with Gasteiger partial charge in [-0.1, -0.05) is 22.0 Å². The van der Waals surface area contributed by atoms with E-state index in [0.717, 1.165) is 21.3 Å². The first-order chi connectivity index (χ1) is 12.6. The van der Waals surface area contributed by atoms with E-state index in [0.29, 0.717) is 22.7 Å². The van der Waals surface area contributed by atoms with E-state index in [9.17, 15) is 5.11 Å². The number of hydrogen-bond acceptors (Lipinski definition) is 5. The average molecular weight is 408 g/mol. The number of oxazole rings is 1. The first kappa shape index (κ1) is 16.5.